The molecule has 2 aliphatic rings. The van der Waals surface area contributed by atoms with Gasteiger partial charge in [-0.15, -0.1) is 0 Å². The number of aliphatic hydroxyl groups excluding tert-OH is 1. The average Bonchev–Trinajstić information content (AvgIpc) is 3.09. The molecule has 2 atom stereocenters. The maximum Gasteiger partial charge on any atom is 0.433 e. The van der Waals surface area contributed by atoms with E-state index in [1.165, 1.54) is 13.2 Å². The second-order valence-electron chi connectivity index (χ2n) is 7.49. The van der Waals surface area contributed by atoms with E-state index in [2.05, 4.69) is 5.10 Å². The fraction of sp³-hybridized carbons (Fsp3) is 0.765. The molecule has 0 radical (unpaired) electrons. The van der Waals surface area contributed by atoms with Gasteiger partial charge in [0.1, 0.15) is 5.69 Å². The van der Waals surface area contributed by atoms with E-state index in [-0.39, 0.29) is 35.3 Å². The molecule has 1 saturated carbocycles. The number of halogens is 3. The molecule has 8 heteroatoms. The molecular weight excluding hydrogens is 335 g/mol. The van der Waals surface area contributed by atoms with Gasteiger partial charge in [0, 0.05) is 31.1 Å². The number of aromatic nitrogens is 2. The highest BCUT2D eigenvalue weighted by atomic mass is 19.4. The number of alkyl halides is 3. The van der Waals surface area contributed by atoms with E-state index in [1.807, 2.05) is 6.92 Å². The first-order chi connectivity index (χ1) is 11.7. The summed E-state index contributed by atoms with van der Waals surface area (Å²) in [6, 6.07) is 0. The summed E-state index contributed by atoms with van der Waals surface area (Å²) in [5.74, 6) is -0.580. The van der Waals surface area contributed by atoms with Crippen molar-refractivity contribution >= 4 is 5.91 Å². The molecular formula is C17H24F3N3O2. The van der Waals surface area contributed by atoms with Crippen LogP contribution in [-0.4, -0.2) is 45.4 Å². The Balaban J connectivity index is 1.68. The number of rotatable bonds is 4. The van der Waals surface area contributed by atoms with Crippen LogP contribution >= 0.6 is 0 Å². The lowest BCUT2D eigenvalue weighted by Crippen LogP contribution is -2.58. The molecule has 1 aliphatic heterocycles. The van der Waals surface area contributed by atoms with Crippen LogP contribution in [-0.2, 0) is 18.0 Å². The van der Waals surface area contributed by atoms with Gasteiger partial charge in [0.05, 0.1) is 18.7 Å². The predicted octanol–water partition coefficient (Wildman–Crippen LogP) is 2.55. The van der Waals surface area contributed by atoms with Gasteiger partial charge < -0.3 is 10.0 Å². The Bertz CT molecular complexity index is 646. The molecule has 1 unspecified atom stereocenters. The van der Waals surface area contributed by atoms with Crippen LogP contribution in [0.25, 0.3) is 0 Å². The number of aryl methyl sites for hydroxylation is 1. The van der Waals surface area contributed by atoms with E-state index >= 15 is 0 Å². The first-order valence-corrected chi connectivity index (χ1v) is 8.69. The molecule has 140 valence electrons. The standard InChI is InChI=1S/C17H24F3N3O2/c1-3-11(8-24)15(25)23-9-16(10-23)5-4-12(6-16)13-7-21-22(2)14(13)17(18,19)20/h7,11-12,24H,3-6,8-10H2,1-2H3/t11-,12?/m1/s1. The molecule has 0 aromatic carbocycles. The number of hydrogen-bond donors (Lipinski definition) is 1. The molecule has 1 aliphatic carbocycles. The van der Waals surface area contributed by atoms with E-state index in [4.69, 9.17) is 0 Å². The number of carbonyl (C=O) groups excluding carboxylic acids is 1. The third-order valence-electron chi connectivity index (χ3n) is 5.80. The van der Waals surface area contributed by atoms with E-state index in [0.29, 0.717) is 32.4 Å². The van der Waals surface area contributed by atoms with Crippen LogP contribution in [0.1, 0.15) is 49.8 Å². The molecule has 2 heterocycles. The summed E-state index contributed by atoms with van der Waals surface area (Å²) in [6.07, 6.45) is -0.314. The third-order valence-corrected chi connectivity index (χ3v) is 5.80. The summed E-state index contributed by atoms with van der Waals surface area (Å²) in [7, 11) is 1.32. The Kier molecular flexibility index (Phi) is 4.59. The fourth-order valence-electron chi connectivity index (χ4n) is 4.42. The first-order valence-electron chi connectivity index (χ1n) is 8.69. The highest BCUT2D eigenvalue weighted by molar-refractivity contribution is 5.80. The van der Waals surface area contributed by atoms with Gasteiger partial charge in [0.25, 0.3) is 0 Å². The lowest BCUT2D eigenvalue weighted by molar-refractivity contribution is -0.149. The van der Waals surface area contributed by atoms with Crippen molar-refractivity contribution in [2.24, 2.45) is 18.4 Å². The van der Waals surface area contributed by atoms with Crippen molar-refractivity contribution < 1.29 is 23.1 Å². The monoisotopic (exact) mass is 359 g/mol. The second kappa shape index (κ2) is 6.30. The molecule has 1 amide bonds. The summed E-state index contributed by atoms with van der Waals surface area (Å²) in [5, 5.41) is 13.1. The molecule has 0 bridgehead atoms. The van der Waals surface area contributed by atoms with Crippen LogP contribution in [0.3, 0.4) is 0 Å². The van der Waals surface area contributed by atoms with Crippen LogP contribution in [0.15, 0.2) is 6.20 Å². The summed E-state index contributed by atoms with van der Waals surface area (Å²) in [6.45, 7) is 2.87. The number of amides is 1. The SMILES string of the molecule is CC[C@H](CO)C(=O)N1CC2(CCC(c3cnn(C)c3C(F)(F)F)C2)C1. The summed E-state index contributed by atoms with van der Waals surface area (Å²) in [4.78, 5) is 14.0. The fourth-order valence-corrected chi connectivity index (χ4v) is 4.42. The maximum atomic E-state index is 13.3. The minimum atomic E-state index is -4.41. The van der Waals surface area contributed by atoms with Crippen LogP contribution in [0.5, 0.6) is 0 Å². The van der Waals surface area contributed by atoms with Gasteiger partial charge in [-0.2, -0.15) is 18.3 Å². The lowest BCUT2D eigenvalue weighted by Gasteiger charge is -2.49. The molecule has 3 rings (SSSR count). The third kappa shape index (κ3) is 3.16. The zero-order valence-electron chi connectivity index (χ0n) is 14.5. The van der Waals surface area contributed by atoms with Crippen molar-refractivity contribution in [3.63, 3.8) is 0 Å². The minimum absolute atomic E-state index is 0.0450. The molecule has 1 aromatic heterocycles. The summed E-state index contributed by atoms with van der Waals surface area (Å²) >= 11 is 0. The van der Waals surface area contributed by atoms with Crippen LogP contribution in [0, 0.1) is 11.3 Å². The summed E-state index contributed by atoms with van der Waals surface area (Å²) in [5.41, 5.74) is -0.459. The van der Waals surface area contributed by atoms with Crippen molar-refractivity contribution in [3.8, 4) is 0 Å². The Morgan fingerprint density at radius 1 is 1.48 bits per heavy atom. The molecule has 1 spiro atoms. The molecule has 1 aromatic rings. The number of carbonyl (C=O) groups is 1. The van der Waals surface area contributed by atoms with Crippen molar-refractivity contribution in [2.45, 2.75) is 44.7 Å². The second-order valence-corrected chi connectivity index (χ2v) is 7.49. The number of likely N-dealkylation sites (tertiary alicyclic amines) is 1. The molecule has 1 saturated heterocycles. The molecule has 1 N–H and O–H groups in total. The minimum Gasteiger partial charge on any atom is -0.396 e. The zero-order valence-corrected chi connectivity index (χ0v) is 14.5. The normalized spacial score (nSPS) is 23.8. The van der Waals surface area contributed by atoms with Gasteiger partial charge in [-0.1, -0.05) is 6.92 Å². The molecule has 2 fully saturated rings. The van der Waals surface area contributed by atoms with Gasteiger partial charge >= 0.3 is 6.18 Å². The number of hydrogen-bond acceptors (Lipinski definition) is 3. The van der Waals surface area contributed by atoms with E-state index in [1.54, 1.807) is 4.90 Å². The van der Waals surface area contributed by atoms with Gasteiger partial charge in [0.2, 0.25) is 5.91 Å². The largest absolute Gasteiger partial charge is 0.433 e. The Morgan fingerprint density at radius 3 is 2.72 bits per heavy atom. The maximum absolute atomic E-state index is 13.3. The van der Waals surface area contributed by atoms with Crippen molar-refractivity contribution in [2.75, 3.05) is 19.7 Å². The Morgan fingerprint density at radius 2 is 2.16 bits per heavy atom. The quantitative estimate of drug-likeness (QED) is 0.899. The first kappa shape index (κ1) is 18.2. The number of aliphatic hydroxyl groups is 1. The Labute approximate surface area is 144 Å². The van der Waals surface area contributed by atoms with E-state index in [9.17, 15) is 23.1 Å². The lowest BCUT2D eigenvalue weighted by atomic mass is 9.76. The Hall–Kier alpha value is -1.57. The van der Waals surface area contributed by atoms with Gasteiger partial charge in [-0.25, -0.2) is 0 Å². The molecule has 5 nitrogen and oxygen atoms in total. The van der Waals surface area contributed by atoms with Crippen LogP contribution < -0.4 is 0 Å². The highest BCUT2D eigenvalue weighted by Gasteiger charge is 2.52. The number of nitrogens with zero attached hydrogens (tertiary/aromatic N) is 3. The van der Waals surface area contributed by atoms with Gasteiger partial charge in [-0.05, 0) is 31.6 Å². The predicted molar refractivity (Wildman–Crippen MR) is 84.7 cm³/mol. The van der Waals surface area contributed by atoms with Crippen molar-refractivity contribution in [1.29, 1.82) is 0 Å². The van der Waals surface area contributed by atoms with E-state index in [0.717, 1.165) is 11.1 Å². The zero-order chi connectivity index (χ0) is 18.4. The highest BCUT2D eigenvalue weighted by Crippen LogP contribution is 2.53. The smallest absolute Gasteiger partial charge is 0.396 e. The summed E-state index contributed by atoms with van der Waals surface area (Å²) < 4.78 is 40.8. The van der Waals surface area contributed by atoms with E-state index < -0.39 is 11.9 Å². The van der Waals surface area contributed by atoms with Crippen LogP contribution in [0.2, 0.25) is 0 Å². The van der Waals surface area contributed by atoms with Crippen molar-refractivity contribution in [3.05, 3.63) is 17.5 Å². The average molecular weight is 359 g/mol. The topological polar surface area (TPSA) is 58.4 Å². The van der Waals surface area contributed by atoms with Gasteiger partial charge in [0.15, 0.2) is 0 Å². The van der Waals surface area contributed by atoms with Crippen molar-refractivity contribution in [1.82, 2.24) is 14.7 Å². The molecule has 25 heavy (non-hydrogen) atoms. The van der Waals surface area contributed by atoms with Crippen LogP contribution in [0.4, 0.5) is 13.2 Å². The van der Waals surface area contributed by atoms with Gasteiger partial charge in [-0.3, -0.25) is 9.48 Å².